The van der Waals surface area contributed by atoms with Crippen LogP contribution in [0.15, 0.2) is 24.3 Å². The van der Waals surface area contributed by atoms with Gasteiger partial charge < -0.3 is 5.32 Å². The second-order valence-electron chi connectivity index (χ2n) is 5.24. The van der Waals surface area contributed by atoms with Crippen LogP contribution in [0, 0.1) is 0 Å². The summed E-state index contributed by atoms with van der Waals surface area (Å²) in [7, 11) is -1.60. The van der Waals surface area contributed by atoms with Gasteiger partial charge in [0.2, 0.25) is 10.0 Å². The Balaban J connectivity index is 2.16. The minimum Gasteiger partial charge on any atom is -0.317 e. The molecule has 1 aliphatic rings. The molecule has 1 aliphatic heterocycles. The Bertz CT molecular complexity index is 539. The van der Waals surface area contributed by atoms with E-state index >= 15 is 0 Å². The molecule has 0 aromatic heterocycles. The van der Waals surface area contributed by atoms with Crippen molar-refractivity contribution < 1.29 is 8.42 Å². The summed E-state index contributed by atoms with van der Waals surface area (Å²) in [5.41, 5.74) is 0.953. The molecule has 0 bridgehead atoms. The fourth-order valence-corrected chi connectivity index (χ4v) is 4.49. The Morgan fingerprint density at radius 1 is 1.25 bits per heavy atom. The Labute approximate surface area is 126 Å². The Morgan fingerprint density at radius 3 is 2.35 bits per heavy atom. The highest BCUT2D eigenvalue weighted by Crippen LogP contribution is 2.27. The van der Waals surface area contributed by atoms with E-state index in [0.29, 0.717) is 17.9 Å². The van der Waals surface area contributed by atoms with E-state index in [1.165, 1.54) is 4.31 Å². The summed E-state index contributed by atoms with van der Waals surface area (Å²) < 4.78 is 26.8. The lowest BCUT2D eigenvalue weighted by Crippen LogP contribution is -2.43. The third-order valence-electron chi connectivity index (χ3n) is 4.01. The lowest BCUT2D eigenvalue weighted by atomic mass is 10.1. The molecular weight excluding hydrogens is 296 g/mol. The molecular formula is C14H21ClN2O2S. The van der Waals surface area contributed by atoms with E-state index in [4.69, 9.17) is 11.6 Å². The normalized spacial score (nSPS) is 19.2. The number of hydrogen-bond donors (Lipinski definition) is 1. The summed E-state index contributed by atoms with van der Waals surface area (Å²) in [6, 6.07) is 7.15. The Hall–Kier alpha value is -0.620. The molecule has 112 valence electrons. The molecule has 0 amide bonds. The smallest absolute Gasteiger partial charge is 0.217 e. The maximum absolute atomic E-state index is 12.6. The van der Waals surface area contributed by atoms with Crippen LogP contribution in [0.5, 0.6) is 0 Å². The number of nitrogens with zero attached hydrogens (tertiary/aromatic N) is 1. The van der Waals surface area contributed by atoms with Gasteiger partial charge in [0.15, 0.2) is 0 Å². The molecule has 1 unspecified atom stereocenters. The number of nitrogens with one attached hydrogen (secondary N) is 1. The zero-order chi connectivity index (χ0) is 14.8. The number of benzene rings is 1. The molecule has 0 spiro atoms. The van der Waals surface area contributed by atoms with Crippen molar-refractivity contribution in [1.29, 1.82) is 0 Å². The van der Waals surface area contributed by atoms with E-state index in [1.807, 2.05) is 19.1 Å². The van der Waals surface area contributed by atoms with Gasteiger partial charge in [-0.3, -0.25) is 0 Å². The van der Waals surface area contributed by atoms with Gasteiger partial charge >= 0.3 is 0 Å². The summed E-state index contributed by atoms with van der Waals surface area (Å²) in [6.45, 7) is 3.45. The second kappa shape index (κ2) is 6.43. The summed E-state index contributed by atoms with van der Waals surface area (Å²) in [5.74, 6) is 0. The van der Waals surface area contributed by atoms with Crippen molar-refractivity contribution in [3.05, 3.63) is 34.9 Å². The molecule has 1 saturated heterocycles. The van der Waals surface area contributed by atoms with Crippen molar-refractivity contribution in [2.24, 2.45) is 0 Å². The number of hydrogen-bond acceptors (Lipinski definition) is 3. The molecule has 1 fully saturated rings. The van der Waals surface area contributed by atoms with Crippen LogP contribution in [0.1, 0.15) is 31.4 Å². The molecule has 4 nitrogen and oxygen atoms in total. The van der Waals surface area contributed by atoms with Gasteiger partial charge in [-0.15, -0.1) is 0 Å². The van der Waals surface area contributed by atoms with Crippen LogP contribution in [0.2, 0.25) is 5.02 Å². The van der Waals surface area contributed by atoms with Gasteiger partial charge in [0.05, 0.1) is 5.25 Å². The van der Waals surface area contributed by atoms with Crippen LogP contribution in [-0.2, 0) is 10.0 Å². The number of rotatable bonds is 4. The summed E-state index contributed by atoms with van der Waals surface area (Å²) >= 11 is 5.87. The molecule has 6 heteroatoms. The highest BCUT2D eigenvalue weighted by molar-refractivity contribution is 7.89. The van der Waals surface area contributed by atoms with Gasteiger partial charge in [0.25, 0.3) is 0 Å². The van der Waals surface area contributed by atoms with Gasteiger partial charge in [-0.05, 0) is 50.6 Å². The molecule has 0 radical (unpaired) electrons. The van der Waals surface area contributed by atoms with Crippen molar-refractivity contribution in [1.82, 2.24) is 9.62 Å². The summed E-state index contributed by atoms with van der Waals surface area (Å²) in [6.07, 6.45) is 1.36. The highest BCUT2D eigenvalue weighted by Gasteiger charge is 2.33. The van der Waals surface area contributed by atoms with Crippen molar-refractivity contribution in [3.8, 4) is 0 Å². The molecule has 1 N–H and O–H groups in total. The first-order chi connectivity index (χ1) is 9.43. The maximum atomic E-state index is 12.6. The van der Waals surface area contributed by atoms with E-state index in [1.54, 1.807) is 19.2 Å². The van der Waals surface area contributed by atoms with Crippen LogP contribution >= 0.6 is 11.6 Å². The minimum atomic E-state index is -3.26. The molecule has 0 saturated carbocycles. The fraction of sp³-hybridized carbons (Fsp3) is 0.571. The van der Waals surface area contributed by atoms with Crippen molar-refractivity contribution in [3.63, 3.8) is 0 Å². The van der Waals surface area contributed by atoms with E-state index in [9.17, 15) is 8.42 Å². The molecule has 1 atom stereocenters. The predicted molar refractivity (Wildman–Crippen MR) is 82.4 cm³/mol. The van der Waals surface area contributed by atoms with E-state index < -0.39 is 10.0 Å². The molecule has 20 heavy (non-hydrogen) atoms. The Kier molecular flexibility index (Phi) is 5.07. The average Bonchev–Trinajstić information content (AvgIpc) is 2.47. The first-order valence-corrected chi connectivity index (χ1v) is 8.74. The monoisotopic (exact) mass is 316 g/mol. The van der Waals surface area contributed by atoms with Crippen LogP contribution < -0.4 is 5.32 Å². The summed E-state index contributed by atoms with van der Waals surface area (Å²) in [4.78, 5) is 0. The lowest BCUT2D eigenvalue weighted by Gasteiger charge is -2.31. The van der Waals surface area contributed by atoms with Crippen LogP contribution in [0.25, 0.3) is 0 Å². The highest BCUT2D eigenvalue weighted by atomic mass is 35.5. The molecule has 2 rings (SSSR count). The largest absolute Gasteiger partial charge is 0.317 e. The van der Waals surface area contributed by atoms with Crippen molar-refractivity contribution >= 4 is 21.6 Å². The zero-order valence-corrected chi connectivity index (χ0v) is 13.4. The first-order valence-electron chi connectivity index (χ1n) is 6.86. The van der Waals surface area contributed by atoms with Crippen LogP contribution in [-0.4, -0.2) is 38.1 Å². The molecule has 1 aromatic rings. The topological polar surface area (TPSA) is 49.4 Å². The number of piperidine rings is 1. The number of halogens is 1. The van der Waals surface area contributed by atoms with Gasteiger partial charge in [-0.2, -0.15) is 4.31 Å². The van der Waals surface area contributed by atoms with E-state index in [2.05, 4.69) is 5.32 Å². The SMILES string of the molecule is CC(c1ccc(Cl)cc1)N(C)S(=O)(=O)C1CCNCC1. The molecule has 0 aliphatic carbocycles. The lowest BCUT2D eigenvalue weighted by molar-refractivity contribution is 0.379. The molecule has 1 heterocycles. The second-order valence-corrected chi connectivity index (χ2v) is 7.95. The van der Waals surface area contributed by atoms with E-state index in [-0.39, 0.29) is 11.3 Å². The van der Waals surface area contributed by atoms with Crippen molar-refractivity contribution in [2.75, 3.05) is 20.1 Å². The van der Waals surface area contributed by atoms with Gasteiger partial charge in [0, 0.05) is 18.1 Å². The van der Waals surface area contributed by atoms with Crippen molar-refractivity contribution in [2.45, 2.75) is 31.1 Å². The van der Waals surface area contributed by atoms with Crippen LogP contribution in [0.4, 0.5) is 0 Å². The zero-order valence-electron chi connectivity index (χ0n) is 11.8. The maximum Gasteiger partial charge on any atom is 0.217 e. The van der Waals surface area contributed by atoms with Gasteiger partial charge in [-0.1, -0.05) is 23.7 Å². The Morgan fingerprint density at radius 2 is 1.80 bits per heavy atom. The third kappa shape index (κ3) is 3.34. The predicted octanol–water partition coefficient (Wildman–Crippen LogP) is 2.41. The van der Waals surface area contributed by atoms with Gasteiger partial charge in [-0.25, -0.2) is 8.42 Å². The number of sulfonamides is 1. The first kappa shape index (κ1) is 15.8. The average molecular weight is 317 g/mol. The van der Waals surface area contributed by atoms with Crippen LogP contribution in [0.3, 0.4) is 0 Å². The molecule has 1 aromatic carbocycles. The summed E-state index contributed by atoms with van der Waals surface area (Å²) in [5, 5.41) is 3.58. The van der Waals surface area contributed by atoms with E-state index in [0.717, 1.165) is 18.7 Å². The third-order valence-corrected chi connectivity index (χ3v) is 6.69. The standard InChI is InChI=1S/C14H21ClN2O2S/c1-11(12-3-5-13(15)6-4-12)17(2)20(18,19)14-7-9-16-10-8-14/h3-6,11,14,16H,7-10H2,1-2H3. The minimum absolute atomic E-state index is 0.188. The fourth-order valence-electron chi connectivity index (χ4n) is 2.50. The van der Waals surface area contributed by atoms with Gasteiger partial charge in [0.1, 0.15) is 0 Å². The quantitative estimate of drug-likeness (QED) is 0.928.